The van der Waals surface area contributed by atoms with Crippen LogP contribution < -0.4 is 4.90 Å². The van der Waals surface area contributed by atoms with Crippen LogP contribution in [0.3, 0.4) is 0 Å². The Morgan fingerprint density at radius 2 is 0.906 bits per heavy atom. The second-order valence-corrected chi connectivity index (χ2v) is 14.7. The molecule has 0 aliphatic carbocycles. The van der Waals surface area contributed by atoms with Gasteiger partial charge in [0.15, 0.2) is 0 Å². The van der Waals surface area contributed by atoms with E-state index in [-0.39, 0.29) is 5.56 Å². The smallest absolute Gasteiger partial charge is 0.377 e. The first-order valence-corrected chi connectivity index (χ1v) is 20.2. The summed E-state index contributed by atoms with van der Waals surface area (Å²) in [7, 11) is 0. The van der Waals surface area contributed by atoms with Crippen molar-refractivity contribution in [3.8, 4) is 0 Å². The lowest BCUT2D eigenvalue weighted by molar-refractivity contribution is -0.0885. The minimum absolute atomic E-state index is 0.349. The van der Waals surface area contributed by atoms with E-state index in [0.717, 1.165) is 61.4 Å². The van der Waals surface area contributed by atoms with Gasteiger partial charge < -0.3 is 14.4 Å². The first-order chi connectivity index (χ1) is 25.6. The number of anilines is 1. The lowest BCUT2D eigenvalue weighted by Gasteiger charge is -2.25. The average Bonchev–Trinajstić information content (AvgIpc) is 3.13. The molecule has 0 spiro atoms. The maximum atomic E-state index is 12.7. The summed E-state index contributed by atoms with van der Waals surface area (Å²) in [4.78, 5) is 14.0. The fourth-order valence-electron chi connectivity index (χ4n) is 6.25. The van der Waals surface area contributed by atoms with Crippen LogP contribution in [0.5, 0.6) is 0 Å². The summed E-state index contributed by atoms with van der Waals surface area (Å²) in [6, 6.07) is 14.1. The minimum Gasteiger partial charge on any atom is -0.377 e. The molecular formula is C46H68F3NO3. The summed E-state index contributed by atoms with van der Waals surface area (Å²) in [5.41, 5.74) is 4.81. The Labute approximate surface area is 319 Å². The van der Waals surface area contributed by atoms with E-state index in [4.69, 9.17) is 9.47 Å². The molecule has 0 amide bonds. The van der Waals surface area contributed by atoms with E-state index in [9.17, 15) is 18.0 Å². The van der Waals surface area contributed by atoms with Crippen molar-refractivity contribution in [1.29, 1.82) is 0 Å². The summed E-state index contributed by atoms with van der Waals surface area (Å²) in [5, 5.41) is 0. The van der Waals surface area contributed by atoms with Gasteiger partial charge in [-0.15, -0.1) is 0 Å². The summed E-state index contributed by atoms with van der Waals surface area (Å²) in [6.07, 6.45) is 21.6. The van der Waals surface area contributed by atoms with Gasteiger partial charge in [0, 0.05) is 37.6 Å². The van der Waals surface area contributed by atoms with Crippen molar-refractivity contribution < 1.29 is 27.4 Å². The van der Waals surface area contributed by atoms with E-state index in [1.165, 1.54) is 133 Å². The molecule has 0 heterocycles. The number of halogens is 3. The maximum absolute atomic E-state index is 12.7. The monoisotopic (exact) mass is 740 g/mol. The zero-order valence-corrected chi connectivity index (χ0v) is 33.0. The number of ketones is 1. The number of carbonyl (C=O) groups excluding carboxylic acids is 1. The first-order valence-electron chi connectivity index (χ1n) is 20.2. The third kappa shape index (κ3) is 23.3. The molecule has 0 N–H and O–H groups in total. The molecule has 0 unspecified atom stereocenters. The molecule has 2 rings (SSSR count). The van der Waals surface area contributed by atoms with Crippen molar-refractivity contribution in [3.63, 3.8) is 0 Å². The van der Waals surface area contributed by atoms with Crippen LogP contribution in [0, 0.1) is 0 Å². The van der Waals surface area contributed by atoms with Crippen LogP contribution in [0.15, 0.2) is 72.8 Å². The van der Waals surface area contributed by atoms with Gasteiger partial charge >= 0.3 is 6.18 Å². The van der Waals surface area contributed by atoms with E-state index in [2.05, 4.69) is 42.3 Å². The molecule has 2 aromatic rings. The molecule has 7 heteroatoms. The van der Waals surface area contributed by atoms with Crippen molar-refractivity contribution in [2.24, 2.45) is 0 Å². The van der Waals surface area contributed by atoms with Gasteiger partial charge in [-0.3, -0.25) is 4.79 Å². The second kappa shape index (κ2) is 28.3. The number of hydrogen-bond donors (Lipinski definition) is 0. The summed E-state index contributed by atoms with van der Waals surface area (Å²) in [6.45, 7) is 16.9. The number of rotatable bonds is 32. The van der Waals surface area contributed by atoms with E-state index in [1.54, 1.807) is 0 Å². The van der Waals surface area contributed by atoms with Gasteiger partial charge in [-0.2, -0.15) is 13.2 Å². The number of benzene rings is 2. The van der Waals surface area contributed by atoms with Crippen LogP contribution >= 0.6 is 0 Å². The Balaban J connectivity index is 1.76. The molecule has 0 aliphatic heterocycles. The summed E-state index contributed by atoms with van der Waals surface area (Å²) in [5.74, 6) is -1.82. The molecule has 0 fully saturated rings. The van der Waals surface area contributed by atoms with Gasteiger partial charge in [0.05, 0.1) is 13.2 Å². The third-order valence-electron chi connectivity index (χ3n) is 9.29. The minimum atomic E-state index is -4.87. The molecule has 4 nitrogen and oxygen atoms in total. The molecule has 0 bridgehead atoms. The molecule has 2 aromatic carbocycles. The molecule has 0 aromatic heterocycles. The van der Waals surface area contributed by atoms with Gasteiger partial charge in [0.25, 0.3) is 5.78 Å². The quantitative estimate of drug-likeness (QED) is 0.0324. The Kier molecular flexibility index (Phi) is 24.6. The Hall–Kier alpha value is -3.16. The van der Waals surface area contributed by atoms with E-state index >= 15 is 0 Å². The number of hydrogen-bond acceptors (Lipinski definition) is 4. The molecule has 296 valence electrons. The largest absolute Gasteiger partial charge is 0.454 e. The van der Waals surface area contributed by atoms with Crippen molar-refractivity contribution in [2.45, 2.75) is 136 Å². The lowest BCUT2D eigenvalue weighted by Crippen LogP contribution is -2.25. The normalized spacial score (nSPS) is 11.7. The maximum Gasteiger partial charge on any atom is 0.454 e. The summed E-state index contributed by atoms with van der Waals surface area (Å²) >= 11 is 0. The topological polar surface area (TPSA) is 38.8 Å². The third-order valence-corrected chi connectivity index (χ3v) is 9.29. The Bertz CT molecular complexity index is 1260. The number of unbranched alkanes of at least 4 members (excludes halogenated alkanes) is 16. The van der Waals surface area contributed by atoms with Crippen molar-refractivity contribution in [1.82, 2.24) is 0 Å². The Morgan fingerprint density at radius 1 is 0.566 bits per heavy atom. The fourth-order valence-corrected chi connectivity index (χ4v) is 6.25. The highest BCUT2D eigenvalue weighted by Gasteiger charge is 2.39. The highest BCUT2D eigenvalue weighted by atomic mass is 19.4. The SMILES string of the molecule is C=C(C)COCCCCCCCCCCCN(CCCCCCCCCCCOCC(=C)C)c1ccc(/C=C/c2ccc(C(=O)C(F)(F)F)cc2)cc1. The molecule has 0 saturated carbocycles. The predicted molar refractivity (Wildman–Crippen MR) is 219 cm³/mol. The van der Waals surface area contributed by atoms with Crippen LogP contribution in [0.4, 0.5) is 18.9 Å². The number of ether oxygens (including phenoxy) is 2. The van der Waals surface area contributed by atoms with Crippen molar-refractivity contribution in [2.75, 3.05) is 44.4 Å². The van der Waals surface area contributed by atoms with Crippen LogP contribution in [0.1, 0.15) is 151 Å². The van der Waals surface area contributed by atoms with E-state index < -0.39 is 12.0 Å². The fraction of sp³-hybridized carbons (Fsp3) is 0.587. The zero-order valence-electron chi connectivity index (χ0n) is 33.0. The van der Waals surface area contributed by atoms with E-state index in [0.29, 0.717) is 13.2 Å². The number of nitrogens with zero attached hydrogens (tertiary/aromatic N) is 1. The Morgan fingerprint density at radius 3 is 1.26 bits per heavy atom. The lowest BCUT2D eigenvalue weighted by atomic mass is 10.1. The molecule has 0 radical (unpaired) electrons. The van der Waals surface area contributed by atoms with Crippen LogP contribution in [0.25, 0.3) is 12.2 Å². The second-order valence-electron chi connectivity index (χ2n) is 14.7. The first kappa shape index (κ1) is 46.0. The van der Waals surface area contributed by atoms with Crippen molar-refractivity contribution >= 4 is 23.6 Å². The highest BCUT2D eigenvalue weighted by molar-refractivity contribution is 6.00. The number of Topliss-reactive ketones (excluding diaryl/α,β-unsaturated/α-hetero) is 1. The zero-order chi connectivity index (χ0) is 38.6. The molecule has 53 heavy (non-hydrogen) atoms. The van der Waals surface area contributed by atoms with Gasteiger partial charge in [-0.1, -0.05) is 163 Å². The highest BCUT2D eigenvalue weighted by Crippen LogP contribution is 2.23. The van der Waals surface area contributed by atoms with Gasteiger partial charge in [-0.05, 0) is 62.8 Å². The molecule has 0 atom stereocenters. The number of carbonyl (C=O) groups is 1. The predicted octanol–water partition coefficient (Wildman–Crippen LogP) is 13.6. The summed E-state index contributed by atoms with van der Waals surface area (Å²) < 4.78 is 49.4. The van der Waals surface area contributed by atoms with Gasteiger partial charge in [0.1, 0.15) is 0 Å². The standard InChI is InChI=1S/C46H68F3NO3/c1-39(2)37-52-35-21-17-13-9-5-7-11-15-19-33-50(34-20-16-12-8-6-10-14-18-22-36-53-38-40(3)4)44-31-27-42(28-32-44)24-23-41-25-29-43(30-26-41)45(51)46(47,48)49/h23-32H,1,3,5-22,33-38H2,2,4H3/b24-23+. The molecule has 0 aliphatic rings. The van der Waals surface area contributed by atoms with Crippen LogP contribution in [-0.2, 0) is 9.47 Å². The number of alkyl halides is 3. The van der Waals surface area contributed by atoms with Gasteiger partial charge in [0.2, 0.25) is 0 Å². The van der Waals surface area contributed by atoms with Gasteiger partial charge in [-0.25, -0.2) is 0 Å². The van der Waals surface area contributed by atoms with E-state index in [1.807, 2.05) is 26.0 Å². The van der Waals surface area contributed by atoms with Crippen molar-refractivity contribution in [3.05, 3.63) is 89.5 Å². The van der Waals surface area contributed by atoms with Crippen LogP contribution in [0.2, 0.25) is 0 Å². The molecule has 0 saturated heterocycles. The molecular weight excluding hydrogens is 672 g/mol. The average molecular weight is 740 g/mol. The van der Waals surface area contributed by atoms with Crippen LogP contribution in [-0.4, -0.2) is 51.5 Å².